The summed E-state index contributed by atoms with van der Waals surface area (Å²) in [5, 5.41) is 9.06. The van der Waals surface area contributed by atoms with Crippen LogP contribution in [0.2, 0.25) is 0 Å². The van der Waals surface area contributed by atoms with E-state index in [0.29, 0.717) is 28.5 Å². The maximum absolute atomic E-state index is 13.8. The molecule has 1 N–H and O–H groups in total. The molecular formula is C21H16F4O4S. The van der Waals surface area contributed by atoms with Crippen LogP contribution in [0.1, 0.15) is 35.1 Å². The maximum Gasteiger partial charge on any atom is 0.417 e. The quantitative estimate of drug-likeness (QED) is 0.676. The fourth-order valence-corrected chi connectivity index (χ4v) is 4.25. The molecule has 0 bridgehead atoms. The van der Waals surface area contributed by atoms with E-state index in [4.69, 9.17) is 5.11 Å². The van der Waals surface area contributed by atoms with Crippen molar-refractivity contribution in [3.8, 4) is 0 Å². The number of hydrogen-bond acceptors (Lipinski definition) is 3. The van der Waals surface area contributed by atoms with Crippen molar-refractivity contribution in [3.05, 3.63) is 70.0 Å². The number of carboxylic acid groups (broad SMARTS) is 1. The fourth-order valence-electron chi connectivity index (χ4n) is 3.36. The molecule has 0 fully saturated rings. The lowest BCUT2D eigenvalue weighted by Crippen LogP contribution is -2.12. The first-order valence-corrected chi connectivity index (χ1v) is 10.6. The van der Waals surface area contributed by atoms with Gasteiger partial charge in [0.15, 0.2) is 9.84 Å². The van der Waals surface area contributed by atoms with E-state index in [0.717, 1.165) is 12.1 Å². The van der Waals surface area contributed by atoms with E-state index in [-0.39, 0.29) is 18.4 Å². The third kappa shape index (κ3) is 4.79. The Balaban J connectivity index is 2.15. The number of benzene rings is 2. The Kier molecular flexibility index (Phi) is 5.60. The van der Waals surface area contributed by atoms with Crippen LogP contribution < -0.4 is 0 Å². The highest BCUT2D eigenvalue weighted by molar-refractivity contribution is 7.90. The molecule has 1 aliphatic rings. The summed E-state index contributed by atoms with van der Waals surface area (Å²) in [7, 11) is -4.11. The normalized spacial score (nSPS) is 15.6. The van der Waals surface area contributed by atoms with Gasteiger partial charge in [0.25, 0.3) is 0 Å². The number of allylic oxidation sites excluding steroid dienone is 1. The Hall–Kier alpha value is -2.94. The molecule has 0 heterocycles. The zero-order valence-corrected chi connectivity index (χ0v) is 16.4. The van der Waals surface area contributed by atoms with Gasteiger partial charge in [0.1, 0.15) is 5.82 Å². The van der Waals surface area contributed by atoms with Gasteiger partial charge in [-0.3, -0.25) is 4.79 Å². The maximum atomic E-state index is 13.8. The summed E-state index contributed by atoms with van der Waals surface area (Å²) in [6.07, 6.45) is -1.35. The number of fused-ring (bicyclic) bond motifs is 1. The van der Waals surface area contributed by atoms with Crippen LogP contribution in [0.5, 0.6) is 0 Å². The van der Waals surface area contributed by atoms with E-state index in [1.807, 2.05) is 0 Å². The first-order valence-electron chi connectivity index (χ1n) is 8.67. The third-order valence-electron chi connectivity index (χ3n) is 4.57. The van der Waals surface area contributed by atoms with Gasteiger partial charge in [-0.15, -0.1) is 0 Å². The minimum Gasteiger partial charge on any atom is -0.481 e. The first-order chi connectivity index (χ1) is 13.8. The average molecular weight is 440 g/mol. The zero-order chi connectivity index (χ0) is 22.3. The van der Waals surface area contributed by atoms with Gasteiger partial charge in [0.05, 0.1) is 16.9 Å². The van der Waals surface area contributed by atoms with Gasteiger partial charge in [-0.25, -0.2) is 12.8 Å². The summed E-state index contributed by atoms with van der Waals surface area (Å²) in [6.45, 7) is 0. The molecule has 1 aliphatic carbocycles. The smallest absolute Gasteiger partial charge is 0.417 e. The van der Waals surface area contributed by atoms with Crippen LogP contribution in [-0.2, 0) is 20.8 Å². The molecule has 30 heavy (non-hydrogen) atoms. The van der Waals surface area contributed by atoms with E-state index in [1.54, 1.807) is 6.08 Å². The topological polar surface area (TPSA) is 71.4 Å². The van der Waals surface area contributed by atoms with Crippen molar-refractivity contribution < 1.29 is 35.9 Å². The molecule has 3 rings (SSSR count). The van der Waals surface area contributed by atoms with Gasteiger partial charge in [-0.1, -0.05) is 29.9 Å². The van der Waals surface area contributed by atoms with Gasteiger partial charge >= 0.3 is 12.1 Å². The molecule has 0 saturated heterocycles. The Labute approximate surface area is 170 Å². The van der Waals surface area contributed by atoms with Crippen molar-refractivity contribution in [2.75, 3.05) is 6.26 Å². The van der Waals surface area contributed by atoms with Gasteiger partial charge in [0, 0.05) is 6.26 Å². The summed E-state index contributed by atoms with van der Waals surface area (Å²) >= 11 is 0. The fraction of sp³-hybridized carbons (Fsp3) is 0.190. The van der Waals surface area contributed by atoms with Crippen LogP contribution in [-0.4, -0.2) is 25.7 Å². The zero-order valence-electron chi connectivity index (χ0n) is 15.6. The second-order valence-corrected chi connectivity index (χ2v) is 8.96. The van der Waals surface area contributed by atoms with E-state index in [1.165, 1.54) is 30.3 Å². The summed E-state index contributed by atoms with van der Waals surface area (Å²) < 4.78 is 77.5. The molecule has 0 saturated carbocycles. The van der Waals surface area contributed by atoms with Crippen LogP contribution in [0, 0.1) is 5.82 Å². The van der Waals surface area contributed by atoms with Crippen molar-refractivity contribution in [2.24, 2.45) is 0 Å². The molecule has 2 aromatic carbocycles. The molecule has 0 unspecified atom stereocenters. The van der Waals surface area contributed by atoms with E-state index < -0.39 is 38.3 Å². The number of carbonyl (C=O) groups is 1. The minimum absolute atomic E-state index is 0.0662. The third-order valence-corrected chi connectivity index (χ3v) is 5.72. The number of rotatable bonds is 4. The molecule has 9 heteroatoms. The molecule has 0 atom stereocenters. The van der Waals surface area contributed by atoms with Crippen LogP contribution in [0.4, 0.5) is 17.6 Å². The number of hydrogen-bond donors (Lipinski definition) is 1. The standard InChI is InChI=1S/C21H16F4O4S/c1-30(28,29)19-5-2-12(9-18(19)21(23,24)25)6-15-8-13(10-20(26)27)7-14-3-4-16(22)11-17(14)15/h2-7,9,11H,8,10H2,1H3,(H,26,27). The average Bonchev–Trinajstić information content (AvgIpc) is 2.60. The van der Waals surface area contributed by atoms with Crippen LogP contribution in [0.3, 0.4) is 0 Å². The van der Waals surface area contributed by atoms with Crippen molar-refractivity contribution in [1.29, 1.82) is 0 Å². The molecule has 0 spiro atoms. The minimum atomic E-state index is -4.89. The van der Waals surface area contributed by atoms with Crippen molar-refractivity contribution in [3.63, 3.8) is 0 Å². The van der Waals surface area contributed by atoms with Crippen molar-refractivity contribution in [2.45, 2.75) is 23.9 Å². The molecule has 0 radical (unpaired) electrons. The van der Waals surface area contributed by atoms with Crippen molar-refractivity contribution >= 4 is 33.5 Å². The van der Waals surface area contributed by atoms with E-state index in [2.05, 4.69) is 0 Å². The van der Waals surface area contributed by atoms with Gasteiger partial charge in [0.2, 0.25) is 0 Å². The van der Waals surface area contributed by atoms with E-state index in [9.17, 15) is 30.8 Å². The summed E-state index contributed by atoms with van der Waals surface area (Å²) in [5.41, 5.74) is 0.700. The van der Waals surface area contributed by atoms with Crippen LogP contribution in [0.25, 0.3) is 17.7 Å². The lowest BCUT2D eigenvalue weighted by molar-refractivity contribution is -0.140. The number of aliphatic carboxylic acids is 1. The Bertz CT molecular complexity index is 1190. The lowest BCUT2D eigenvalue weighted by Gasteiger charge is -2.20. The molecule has 0 aromatic heterocycles. The lowest BCUT2D eigenvalue weighted by atomic mass is 9.85. The predicted molar refractivity (Wildman–Crippen MR) is 104 cm³/mol. The summed E-state index contributed by atoms with van der Waals surface area (Å²) in [5.74, 6) is -1.61. The highest BCUT2D eigenvalue weighted by Gasteiger charge is 2.36. The SMILES string of the molecule is CS(=O)(=O)c1ccc(C=C2CC(CC(=O)O)=Cc3ccc(F)cc32)cc1C(F)(F)F. The number of sulfone groups is 1. The Morgan fingerprint density at radius 2 is 1.87 bits per heavy atom. The number of halogens is 4. The largest absolute Gasteiger partial charge is 0.481 e. The van der Waals surface area contributed by atoms with Gasteiger partial charge < -0.3 is 5.11 Å². The van der Waals surface area contributed by atoms with Gasteiger partial charge in [-0.05, 0) is 52.9 Å². The second-order valence-electron chi connectivity index (χ2n) is 6.98. The monoisotopic (exact) mass is 440 g/mol. The summed E-state index contributed by atoms with van der Waals surface area (Å²) in [6, 6.07) is 6.73. The molecule has 4 nitrogen and oxygen atoms in total. The number of carboxylic acids is 1. The van der Waals surface area contributed by atoms with Gasteiger partial charge in [-0.2, -0.15) is 13.2 Å². The number of alkyl halides is 3. The first kappa shape index (κ1) is 21.8. The van der Waals surface area contributed by atoms with Crippen LogP contribution >= 0.6 is 0 Å². The molecule has 0 amide bonds. The molecule has 158 valence electrons. The molecule has 2 aromatic rings. The van der Waals surface area contributed by atoms with Crippen LogP contribution in [0.15, 0.2) is 46.9 Å². The molecule has 0 aliphatic heterocycles. The van der Waals surface area contributed by atoms with E-state index >= 15 is 0 Å². The highest BCUT2D eigenvalue weighted by Crippen LogP contribution is 2.38. The summed E-state index contributed by atoms with van der Waals surface area (Å²) in [4.78, 5) is 10.2. The van der Waals surface area contributed by atoms with Crippen molar-refractivity contribution in [1.82, 2.24) is 0 Å². The Morgan fingerprint density at radius 3 is 2.47 bits per heavy atom. The predicted octanol–water partition coefficient (Wildman–Crippen LogP) is 5.05. The Morgan fingerprint density at radius 1 is 1.17 bits per heavy atom. The second kappa shape index (κ2) is 7.71. The highest BCUT2D eigenvalue weighted by atomic mass is 32.2. The molecular weight excluding hydrogens is 424 g/mol.